The highest BCUT2D eigenvalue weighted by Crippen LogP contribution is 2.30. The van der Waals surface area contributed by atoms with Crippen LogP contribution in [0, 0.1) is 0 Å². The van der Waals surface area contributed by atoms with E-state index < -0.39 is 17.8 Å². The van der Waals surface area contributed by atoms with Gasteiger partial charge in [0.1, 0.15) is 5.17 Å². The van der Waals surface area contributed by atoms with Crippen molar-refractivity contribution in [1.82, 2.24) is 0 Å². The number of alkyl halides is 3. The summed E-state index contributed by atoms with van der Waals surface area (Å²) in [5.74, 6) is 0. The summed E-state index contributed by atoms with van der Waals surface area (Å²) in [7, 11) is 0. The molecular weight excluding hydrogens is 297 g/mol. The number of anilines is 1. The largest absolute Gasteiger partial charge is 0.437 e. The van der Waals surface area contributed by atoms with Gasteiger partial charge in [0.05, 0.1) is 5.56 Å². The van der Waals surface area contributed by atoms with Crippen molar-refractivity contribution in [3.63, 3.8) is 0 Å². The third-order valence-corrected chi connectivity index (χ3v) is 2.38. The standard InChI is InChI=1S/C12H12ClF3N2O2/c1-2-4-10(13)18-20-11(19)17-9-6-3-5-8(7-9)12(14,15)16/h3,5-7H,2,4H2,1H3,(H,17,19)/b18-10+. The van der Waals surface area contributed by atoms with Crippen molar-refractivity contribution < 1.29 is 22.8 Å². The lowest BCUT2D eigenvalue weighted by molar-refractivity contribution is -0.137. The van der Waals surface area contributed by atoms with Crippen LogP contribution >= 0.6 is 11.6 Å². The summed E-state index contributed by atoms with van der Waals surface area (Å²) >= 11 is 5.61. The summed E-state index contributed by atoms with van der Waals surface area (Å²) in [4.78, 5) is 15.7. The molecule has 0 unspecified atom stereocenters. The van der Waals surface area contributed by atoms with E-state index in [1.807, 2.05) is 6.92 Å². The molecule has 0 bridgehead atoms. The van der Waals surface area contributed by atoms with Crippen LogP contribution in [-0.4, -0.2) is 11.3 Å². The number of carbonyl (C=O) groups is 1. The average molecular weight is 309 g/mol. The van der Waals surface area contributed by atoms with Crippen LogP contribution in [0.15, 0.2) is 29.4 Å². The summed E-state index contributed by atoms with van der Waals surface area (Å²) in [5.41, 5.74) is -0.922. The van der Waals surface area contributed by atoms with Gasteiger partial charge in [0.15, 0.2) is 0 Å². The summed E-state index contributed by atoms with van der Waals surface area (Å²) in [5, 5.41) is 5.56. The Labute approximate surface area is 118 Å². The van der Waals surface area contributed by atoms with Crippen molar-refractivity contribution >= 4 is 28.6 Å². The van der Waals surface area contributed by atoms with Gasteiger partial charge < -0.3 is 0 Å². The monoisotopic (exact) mass is 308 g/mol. The number of amides is 1. The minimum absolute atomic E-state index is 0.0494. The number of hydrogen-bond donors (Lipinski definition) is 1. The normalized spacial score (nSPS) is 12.2. The fraction of sp³-hybridized carbons (Fsp3) is 0.333. The van der Waals surface area contributed by atoms with Crippen molar-refractivity contribution in [1.29, 1.82) is 0 Å². The summed E-state index contributed by atoms with van der Waals surface area (Å²) < 4.78 is 37.4. The van der Waals surface area contributed by atoms with E-state index in [1.54, 1.807) is 0 Å². The van der Waals surface area contributed by atoms with E-state index in [1.165, 1.54) is 12.1 Å². The summed E-state index contributed by atoms with van der Waals surface area (Å²) in [6, 6.07) is 4.16. The van der Waals surface area contributed by atoms with Crippen LogP contribution < -0.4 is 5.32 Å². The molecule has 0 aromatic heterocycles. The van der Waals surface area contributed by atoms with Gasteiger partial charge >= 0.3 is 12.3 Å². The van der Waals surface area contributed by atoms with Crippen molar-refractivity contribution in [2.45, 2.75) is 25.9 Å². The first-order valence-corrected chi connectivity index (χ1v) is 6.08. The van der Waals surface area contributed by atoms with Crippen LogP contribution in [0.4, 0.5) is 23.7 Å². The lowest BCUT2D eigenvalue weighted by Crippen LogP contribution is -2.12. The van der Waals surface area contributed by atoms with Gasteiger partial charge in [-0.2, -0.15) is 13.2 Å². The van der Waals surface area contributed by atoms with Gasteiger partial charge in [0, 0.05) is 12.1 Å². The number of halogens is 4. The Morgan fingerprint density at radius 1 is 1.45 bits per heavy atom. The molecule has 1 amide bonds. The molecule has 0 atom stereocenters. The Morgan fingerprint density at radius 2 is 2.15 bits per heavy atom. The van der Waals surface area contributed by atoms with Crippen LogP contribution in [0.25, 0.3) is 0 Å². The first kappa shape index (κ1) is 16.3. The predicted molar refractivity (Wildman–Crippen MR) is 69.7 cm³/mol. The topological polar surface area (TPSA) is 50.7 Å². The van der Waals surface area contributed by atoms with Crippen LogP contribution in [0.3, 0.4) is 0 Å². The van der Waals surface area contributed by atoms with Gasteiger partial charge in [-0.25, -0.2) is 4.79 Å². The zero-order valence-electron chi connectivity index (χ0n) is 10.5. The van der Waals surface area contributed by atoms with E-state index in [9.17, 15) is 18.0 Å². The number of nitrogens with one attached hydrogen (secondary N) is 1. The van der Waals surface area contributed by atoms with E-state index in [0.29, 0.717) is 6.42 Å². The Morgan fingerprint density at radius 3 is 2.75 bits per heavy atom. The predicted octanol–water partition coefficient (Wildman–Crippen LogP) is 4.61. The van der Waals surface area contributed by atoms with E-state index in [4.69, 9.17) is 11.6 Å². The van der Waals surface area contributed by atoms with Gasteiger partial charge in [-0.1, -0.05) is 29.7 Å². The lowest BCUT2D eigenvalue weighted by atomic mass is 10.2. The van der Waals surface area contributed by atoms with Crippen LogP contribution in [0.1, 0.15) is 25.3 Å². The summed E-state index contributed by atoms with van der Waals surface area (Å²) in [6.45, 7) is 1.86. The molecule has 1 aromatic rings. The molecule has 8 heteroatoms. The van der Waals surface area contributed by atoms with Gasteiger partial charge in [-0.3, -0.25) is 10.2 Å². The Balaban J connectivity index is 2.65. The lowest BCUT2D eigenvalue weighted by Gasteiger charge is -2.08. The van der Waals surface area contributed by atoms with Crippen molar-refractivity contribution in [3.05, 3.63) is 29.8 Å². The zero-order chi connectivity index (χ0) is 15.2. The van der Waals surface area contributed by atoms with Gasteiger partial charge in [-0.05, 0) is 24.6 Å². The maximum atomic E-state index is 12.5. The van der Waals surface area contributed by atoms with Crippen LogP contribution in [-0.2, 0) is 11.0 Å². The van der Waals surface area contributed by atoms with Gasteiger partial charge in [-0.15, -0.1) is 0 Å². The highest BCUT2D eigenvalue weighted by Gasteiger charge is 2.30. The number of nitrogens with zero attached hydrogens (tertiary/aromatic N) is 1. The Kier molecular flexibility index (Phi) is 5.82. The van der Waals surface area contributed by atoms with Crippen LogP contribution in [0.5, 0.6) is 0 Å². The number of oxime groups is 1. The number of benzene rings is 1. The highest BCUT2D eigenvalue weighted by atomic mass is 35.5. The third-order valence-electron chi connectivity index (χ3n) is 2.12. The highest BCUT2D eigenvalue weighted by molar-refractivity contribution is 6.65. The van der Waals surface area contributed by atoms with Gasteiger partial charge in [0.2, 0.25) is 0 Å². The molecule has 0 heterocycles. The van der Waals surface area contributed by atoms with E-state index in [-0.39, 0.29) is 10.9 Å². The number of carbonyl (C=O) groups excluding carboxylic acids is 1. The molecule has 0 saturated heterocycles. The molecule has 20 heavy (non-hydrogen) atoms. The fourth-order valence-electron chi connectivity index (χ4n) is 1.26. The second-order valence-electron chi connectivity index (χ2n) is 3.80. The van der Waals surface area contributed by atoms with E-state index in [0.717, 1.165) is 18.6 Å². The molecule has 1 N–H and O–H groups in total. The number of rotatable bonds is 4. The van der Waals surface area contributed by atoms with E-state index in [2.05, 4.69) is 15.3 Å². The van der Waals surface area contributed by atoms with E-state index >= 15 is 0 Å². The summed E-state index contributed by atoms with van der Waals surface area (Å²) in [6.07, 6.45) is -4.33. The smallest absolute Gasteiger partial charge is 0.297 e. The molecule has 0 aliphatic carbocycles. The Hall–Kier alpha value is -1.76. The molecule has 0 fully saturated rings. The molecule has 0 spiro atoms. The zero-order valence-corrected chi connectivity index (χ0v) is 11.3. The maximum Gasteiger partial charge on any atom is 0.437 e. The number of hydrogen-bond acceptors (Lipinski definition) is 3. The molecule has 4 nitrogen and oxygen atoms in total. The molecule has 0 radical (unpaired) electrons. The second-order valence-corrected chi connectivity index (χ2v) is 4.24. The molecule has 0 saturated carbocycles. The third kappa shape index (κ3) is 5.48. The molecule has 1 aromatic carbocycles. The maximum absolute atomic E-state index is 12.5. The minimum atomic E-state index is -4.48. The Bertz CT molecular complexity index is 504. The second kappa shape index (κ2) is 7.14. The van der Waals surface area contributed by atoms with Crippen molar-refractivity contribution in [2.75, 3.05) is 5.32 Å². The molecular formula is C12H12ClF3N2O2. The molecule has 0 aliphatic rings. The fourth-order valence-corrected chi connectivity index (χ4v) is 1.48. The molecule has 0 aliphatic heterocycles. The quantitative estimate of drug-likeness (QED) is 0.502. The van der Waals surface area contributed by atoms with Gasteiger partial charge in [0.25, 0.3) is 0 Å². The molecule has 110 valence electrons. The first-order chi connectivity index (χ1) is 9.32. The minimum Gasteiger partial charge on any atom is -0.297 e. The first-order valence-electron chi connectivity index (χ1n) is 5.70. The van der Waals surface area contributed by atoms with Crippen molar-refractivity contribution in [3.8, 4) is 0 Å². The SMILES string of the molecule is CCC/C(Cl)=N\OC(=O)Nc1cccc(C(F)(F)F)c1. The van der Waals surface area contributed by atoms with Crippen molar-refractivity contribution in [2.24, 2.45) is 5.16 Å². The average Bonchev–Trinajstić information content (AvgIpc) is 2.36. The molecule has 1 rings (SSSR count). The van der Waals surface area contributed by atoms with Crippen LogP contribution in [0.2, 0.25) is 0 Å².